The van der Waals surface area contributed by atoms with Gasteiger partial charge in [-0.1, -0.05) is 18.6 Å². The topological polar surface area (TPSA) is 103 Å². The highest BCUT2D eigenvalue weighted by Crippen LogP contribution is 2.20. The second-order valence-corrected chi connectivity index (χ2v) is 7.69. The monoisotopic (exact) mass is 457 g/mol. The summed E-state index contributed by atoms with van der Waals surface area (Å²) in [7, 11) is 0. The second-order valence-electron chi connectivity index (χ2n) is 7.69. The van der Waals surface area contributed by atoms with Crippen molar-refractivity contribution in [3.8, 4) is 11.8 Å². The first-order valence-electron chi connectivity index (χ1n) is 10.5. The molecule has 0 radical (unpaired) electrons. The van der Waals surface area contributed by atoms with Gasteiger partial charge in [-0.3, -0.25) is 9.69 Å². The number of benzene rings is 2. The van der Waals surface area contributed by atoms with Gasteiger partial charge < -0.3 is 15.2 Å². The fraction of sp³-hybridized carbons (Fsp3) is 0.375. The van der Waals surface area contributed by atoms with E-state index in [0.29, 0.717) is 24.5 Å². The van der Waals surface area contributed by atoms with E-state index >= 15 is 0 Å². The zero-order valence-corrected chi connectivity index (χ0v) is 18.8. The fourth-order valence-electron chi connectivity index (χ4n) is 3.77. The minimum atomic E-state index is -0.968. The molecule has 1 amide bonds. The van der Waals surface area contributed by atoms with E-state index in [1.807, 2.05) is 6.92 Å². The number of nitrogens with one attached hydrogen (secondary N) is 1. The van der Waals surface area contributed by atoms with Gasteiger partial charge in [-0.05, 0) is 68.3 Å². The van der Waals surface area contributed by atoms with Crippen molar-refractivity contribution in [1.82, 2.24) is 10.2 Å². The van der Waals surface area contributed by atoms with E-state index in [0.717, 1.165) is 31.4 Å². The van der Waals surface area contributed by atoms with Gasteiger partial charge in [-0.25, -0.2) is 4.79 Å². The van der Waals surface area contributed by atoms with Gasteiger partial charge in [0.05, 0.1) is 29.3 Å². The van der Waals surface area contributed by atoms with Crippen molar-refractivity contribution in [3.63, 3.8) is 0 Å². The smallest absolute Gasteiger partial charge is 0.335 e. The minimum Gasteiger partial charge on any atom is -0.492 e. The molecular formula is C24H28ClN3O4. The lowest BCUT2D eigenvalue weighted by molar-refractivity contribution is -0.128. The van der Waals surface area contributed by atoms with E-state index in [4.69, 9.17) is 15.1 Å². The number of carboxylic acid groups (broad SMARTS) is 1. The molecule has 170 valence electrons. The van der Waals surface area contributed by atoms with Crippen LogP contribution in [0.3, 0.4) is 0 Å². The van der Waals surface area contributed by atoms with E-state index in [1.165, 1.54) is 0 Å². The van der Waals surface area contributed by atoms with Crippen LogP contribution in [0.2, 0.25) is 0 Å². The maximum Gasteiger partial charge on any atom is 0.335 e. The highest BCUT2D eigenvalue weighted by molar-refractivity contribution is 5.87. The number of carbonyl (C=O) groups is 2. The third-order valence-corrected chi connectivity index (χ3v) is 5.56. The van der Waals surface area contributed by atoms with Gasteiger partial charge in [-0.2, -0.15) is 5.26 Å². The molecule has 0 unspecified atom stereocenters. The van der Waals surface area contributed by atoms with Gasteiger partial charge in [0.1, 0.15) is 12.4 Å². The molecule has 3 rings (SSSR count). The lowest BCUT2D eigenvalue weighted by atomic mass is 10.00. The summed E-state index contributed by atoms with van der Waals surface area (Å²) in [5.74, 6) is -0.285. The Morgan fingerprint density at radius 2 is 1.88 bits per heavy atom. The molecule has 1 heterocycles. The highest BCUT2D eigenvalue weighted by Gasteiger charge is 2.29. The maximum absolute atomic E-state index is 13.0. The van der Waals surface area contributed by atoms with Crippen molar-refractivity contribution in [2.24, 2.45) is 0 Å². The Kier molecular flexibility index (Phi) is 9.51. The predicted molar refractivity (Wildman–Crippen MR) is 123 cm³/mol. The molecule has 1 fully saturated rings. The quantitative estimate of drug-likeness (QED) is 0.625. The van der Waals surface area contributed by atoms with Gasteiger partial charge in [0.15, 0.2) is 0 Å². The summed E-state index contributed by atoms with van der Waals surface area (Å²) in [4.78, 5) is 26.1. The van der Waals surface area contributed by atoms with Crippen LogP contribution >= 0.6 is 12.4 Å². The molecule has 2 atom stereocenters. The van der Waals surface area contributed by atoms with Crippen molar-refractivity contribution in [1.29, 1.82) is 5.26 Å². The van der Waals surface area contributed by atoms with Gasteiger partial charge >= 0.3 is 5.97 Å². The summed E-state index contributed by atoms with van der Waals surface area (Å²) in [5.41, 5.74) is 1.68. The largest absolute Gasteiger partial charge is 0.492 e. The number of nitriles is 1. The molecule has 0 aliphatic carbocycles. The highest BCUT2D eigenvalue weighted by atomic mass is 35.5. The standard InChI is InChI=1S/C24H27N3O4.ClH/c1-17(19-7-9-20(10-8-19)24(29)30)26-23(28)22-4-2-3-13-27(22)14-15-31-21-11-5-18(16-25)6-12-21;/h5-12,17,22H,2-4,13-15H2,1H3,(H,26,28)(H,29,30);1H/t17-,22+;/m0./s1. The number of rotatable bonds is 8. The molecule has 32 heavy (non-hydrogen) atoms. The number of hydrogen-bond donors (Lipinski definition) is 2. The number of hydrogen-bond acceptors (Lipinski definition) is 5. The molecule has 2 N–H and O–H groups in total. The summed E-state index contributed by atoms with van der Waals surface area (Å²) >= 11 is 0. The molecule has 0 bridgehead atoms. The third kappa shape index (κ3) is 6.71. The van der Waals surface area contributed by atoms with Crippen LogP contribution in [0.4, 0.5) is 0 Å². The number of aromatic carboxylic acids is 1. The normalized spacial score (nSPS) is 16.8. The molecule has 1 aliphatic rings. The van der Waals surface area contributed by atoms with Gasteiger partial charge in [0, 0.05) is 6.54 Å². The van der Waals surface area contributed by atoms with Crippen molar-refractivity contribution < 1.29 is 19.4 Å². The number of ether oxygens (including phenoxy) is 1. The number of nitrogens with zero attached hydrogens (tertiary/aromatic N) is 2. The maximum atomic E-state index is 13.0. The molecule has 8 heteroatoms. The fourth-order valence-corrected chi connectivity index (χ4v) is 3.77. The predicted octanol–water partition coefficient (Wildman–Crippen LogP) is 3.79. The summed E-state index contributed by atoms with van der Waals surface area (Å²) in [6, 6.07) is 15.2. The summed E-state index contributed by atoms with van der Waals surface area (Å²) in [5, 5.41) is 21.0. The van der Waals surface area contributed by atoms with Crippen LogP contribution in [0.15, 0.2) is 48.5 Å². The molecular weight excluding hydrogens is 430 g/mol. The summed E-state index contributed by atoms with van der Waals surface area (Å²) < 4.78 is 5.79. The van der Waals surface area contributed by atoms with Crippen LogP contribution < -0.4 is 10.1 Å². The molecule has 7 nitrogen and oxygen atoms in total. The Hall–Kier alpha value is -3.08. The van der Waals surface area contributed by atoms with Crippen molar-refractivity contribution >= 4 is 24.3 Å². The van der Waals surface area contributed by atoms with E-state index in [1.54, 1.807) is 48.5 Å². The first kappa shape index (κ1) is 25.2. The number of halogens is 1. The first-order chi connectivity index (χ1) is 15.0. The molecule has 0 aromatic heterocycles. The average molecular weight is 458 g/mol. The zero-order valence-electron chi connectivity index (χ0n) is 18.0. The summed E-state index contributed by atoms with van der Waals surface area (Å²) in [6.07, 6.45) is 2.85. The van der Waals surface area contributed by atoms with Gasteiger partial charge in [0.2, 0.25) is 5.91 Å². The third-order valence-electron chi connectivity index (χ3n) is 5.56. The van der Waals surface area contributed by atoms with Gasteiger partial charge in [-0.15, -0.1) is 12.4 Å². The number of carbonyl (C=O) groups excluding carboxylic acids is 1. The van der Waals surface area contributed by atoms with E-state index < -0.39 is 5.97 Å². The lowest BCUT2D eigenvalue weighted by Crippen LogP contribution is -2.51. The van der Waals surface area contributed by atoms with Crippen molar-refractivity contribution in [2.45, 2.75) is 38.3 Å². The van der Waals surface area contributed by atoms with E-state index in [9.17, 15) is 9.59 Å². The number of likely N-dealkylation sites (tertiary alicyclic amines) is 1. The molecule has 0 saturated carbocycles. The van der Waals surface area contributed by atoms with E-state index in [-0.39, 0.29) is 36.0 Å². The van der Waals surface area contributed by atoms with Crippen LogP contribution in [0.25, 0.3) is 0 Å². The molecule has 0 spiro atoms. The first-order valence-corrected chi connectivity index (χ1v) is 10.5. The van der Waals surface area contributed by atoms with E-state index in [2.05, 4.69) is 16.3 Å². The van der Waals surface area contributed by atoms with Crippen molar-refractivity contribution in [3.05, 3.63) is 65.2 Å². The van der Waals surface area contributed by atoms with Crippen LogP contribution in [0, 0.1) is 11.3 Å². The number of piperidine rings is 1. The number of amides is 1. The SMILES string of the molecule is C[C@H](NC(=O)[C@H]1CCCCN1CCOc1ccc(C#N)cc1)c1ccc(C(=O)O)cc1.Cl. The lowest BCUT2D eigenvalue weighted by Gasteiger charge is -2.35. The van der Waals surface area contributed by atoms with Crippen LogP contribution in [-0.2, 0) is 4.79 Å². The van der Waals surface area contributed by atoms with Gasteiger partial charge in [0.25, 0.3) is 0 Å². The molecule has 2 aromatic carbocycles. The summed E-state index contributed by atoms with van der Waals surface area (Å²) in [6.45, 7) is 3.84. The Morgan fingerprint density at radius 3 is 2.50 bits per heavy atom. The zero-order chi connectivity index (χ0) is 22.2. The van der Waals surface area contributed by atoms with Crippen LogP contribution in [-0.4, -0.2) is 47.6 Å². The van der Waals surface area contributed by atoms with Crippen LogP contribution in [0.5, 0.6) is 5.75 Å². The Labute approximate surface area is 194 Å². The molecule has 1 aliphatic heterocycles. The Morgan fingerprint density at radius 1 is 1.19 bits per heavy atom. The number of carboxylic acids is 1. The Bertz CT molecular complexity index is 941. The minimum absolute atomic E-state index is 0. The Balaban J connectivity index is 0.00000363. The molecule has 1 saturated heterocycles. The molecule has 2 aromatic rings. The van der Waals surface area contributed by atoms with Crippen LogP contribution in [0.1, 0.15) is 53.7 Å². The average Bonchev–Trinajstić information content (AvgIpc) is 2.79. The van der Waals surface area contributed by atoms with Crippen molar-refractivity contribution in [2.75, 3.05) is 19.7 Å². The second kappa shape index (κ2) is 12.1.